The highest BCUT2D eigenvalue weighted by molar-refractivity contribution is 5.69. The number of rotatable bonds is 8. The normalized spacial score (nSPS) is 23.3. The van der Waals surface area contributed by atoms with E-state index in [1.807, 2.05) is 26.0 Å². The lowest BCUT2D eigenvalue weighted by Gasteiger charge is -2.43. The average Bonchev–Trinajstić information content (AvgIpc) is 3.26. The Bertz CT molecular complexity index is 584. The SMILES string of the molecule is Cc1cc(CNC2CC(N(CC(=O)O)CC3CC3)C2)cc(C)c1O. The van der Waals surface area contributed by atoms with Crippen LogP contribution in [0, 0.1) is 19.8 Å². The van der Waals surface area contributed by atoms with E-state index in [9.17, 15) is 9.90 Å². The number of benzene rings is 1. The highest BCUT2D eigenvalue weighted by Gasteiger charge is 2.36. The molecule has 0 aliphatic heterocycles. The first-order chi connectivity index (χ1) is 11.4. The van der Waals surface area contributed by atoms with Crippen molar-refractivity contribution < 1.29 is 15.0 Å². The summed E-state index contributed by atoms with van der Waals surface area (Å²) in [5.74, 6) is 0.383. The number of aliphatic carboxylic acids is 1. The lowest BCUT2D eigenvalue weighted by Crippen LogP contribution is -2.54. The van der Waals surface area contributed by atoms with Crippen LogP contribution in [0.15, 0.2) is 12.1 Å². The molecule has 0 radical (unpaired) electrons. The molecule has 3 N–H and O–H groups in total. The second-order valence-electron chi connectivity index (χ2n) is 7.55. The summed E-state index contributed by atoms with van der Waals surface area (Å²) in [4.78, 5) is 13.2. The van der Waals surface area contributed by atoms with Crippen LogP contribution in [0.2, 0.25) is 0 Å². The molecule has 2 saturated carbocycles. The molecular weight excluding hydrogens is 304 g/mol. The maximum atomic E-state index is 11.1. The Morgan fingerprint density at radius 2 is 1.88 bits per heavy atom. The largest absolute Gasteiger partial charge is 0.507 e. The Morgan fingerprint density at radius 3 is 2.42 bits per heavy atom. The summed E-state index contributed by atoms with van der Waals surface area (Å²) >= 11 is 0. The molecule has 3 rings (SSSR count). The molecule has 0 bridgehead atoms. The molecule has 0 unspecified atom stereocenters. The van der Waals surface area contributed by atoms with Crippen molar-refractivity contribution in [1.82, 2.24) is 10.2 Å². The van der Waals surface area contributed by atoms with Crippen molar-refractivity contribution in [3.05, 3.63) is 28.8 Å². The number of carboxylic acids is 1. The third kappa shape index (κ3) is 4.28. The summed E-state index contributed by atoms with van der Waals surface area (Å²) in [6, 6.07) is 4.91. The van der Waals surface area contributed by atoms with Gasteiger partial charge in [-0.2, -0.15) is 0 Å². The first-order valence-corrected chi connectivity index (χ1v) is 8.90. The Morgan fingerprint density at radius 1 is 1.25 bits per heavy atom. The second kappa shape index (κ2) is 7.11. The zero-order valence-electron chi connectivity index (χ0n) is 14.6. The van der Waals surface area contributed by atoms with Gasteiger partial charge in [0.1, 0.15) is 5.75 Å². The summed E-state index contributed by atoms with van der Waals surface area (Å²) in [5.41, 5.74) is 3.01. The smallest absolute Gasteiger partial charge is 0.317 e. The van der Waals surface area contributed by atoms with Crippen LogP contribution in [-0.4, -0.2) is 46.3 Å². The van der Waals surface area contributed by atoms with Gasteiger partial charge in [0.25, 0.3) is 0 Å². The molecular formula is C19H28N2O3. The van der Waals surface area contributed by atoms with Gasteiger partial charge in [-0.05, 0) is 62.1 Å². The van der Waals surface area contributed by atoms with Gasteiger partial charge in [-0.3, -0.25) is 9.69 Å². The van der Waals surface area contributed by atoms with Gasteiger partial charge in [0, 0.05) is 25.2 Å². The monoisotopic (exact) mass is 332 g/mol. The molecule has 2 aliphatic carbocycles. The highest BCUT2D eigenvalue weighted by Crippen LogP contribution is 2.34. The van der Waals surface area contributed by atoms with Crippen LogP contribution in [0.3, 0.4) is 0 Å². The Labute approximate surface area is 143 Å². The van der Waals surface area contributed by atoms with Crippen molar-refractivity contribution in [2.75, 3.05) is 13.1 Å². The van der Waals surface area contributed by atoms with Crippen molar-refractivity contribution in [3.8, 4) is 5.75 Å². The number of aryl methyl sites for hydroxylation is 2. The van der Waals surface area contributed by atoms with Gasteiger partial charge in [0.2, 0.25) is 0 Å². The summed E-state index contributed by atoms with van der Waals surface area (Å²) < 4.78 is 0. The van der Waals surface area contributed by atoms with Gasteiger partial charge in [-0.1, -0.05) is 12.1 Å². The molecule has 0 spiro atoms. The van der Waals surface area contributed by atoms with Gasteiger partial charge in [0.15, 0.2) is 0 Å². The number of hydrogen-bond donors (Lipinski definition) is 3. The van der Waals surface area contributed by atoms with E-state index in [0.717, 1.165) is 43.0 Å². The molecule has 1 aromatic rings. The molecule has 5 nitrogen and oxygen atoms in total. The van der Waals surface area contributed by atoms with Crippen molar-refractivity contribution in [3.63, 3.8) is 0 Å². The molecule has 24 heavy (non-hydrogen) atoms. The molecule has 2 aliphatic rings. The molecule has 0 heterocycles. The van der Waals surface area contributed by atoms with E-state index in [2.05, 4.69) is 10.2 Å². The number of phenolic OH excluding ortho intramolecular Hbond substituents is 1. The Balaban J connectivity index is 1.46. The summed E-state index contributed by atoms with van der Waals surface area (Å²) in [6.07, 6.45) is 4.56. The summed E-state index contributed by atoms with van der Waals surface area (Å²) in [7, 11) is 0. The van der Waals surface area contributed by atoms with E-state index in [0.29, 0.717) is 17.8 Å². The standard InChI is InChI=1S/C19H28N2O3/c1-12-5-15(6-13(2)19(12)24)9-20-16-7-17(8-16)21(11-18(22)23)10-14-3-4-14/h5-6,14,16-17,20,24H,3-4,7-11H2,1-2H3,(H,22,23). The highest BCUT2D eigenvalue weighted by atomic mass is 16.4. The van der Waals surface area contributed by atoms with Gasteiger partial charge >= 0.3 is 5.97 Å². The van der Waals surface area contributed by atoms with E-state index in [-0.39, 0.29) is 6.54 Å². The van der Waals surface area contributed by atoms with Crippen LogP contribution < -0.4 is 5.32 Å². The number of carbonyl (C=O) groups is 1. The average molecular weight is 332 g/mol. The van der Waals surface area contributed by atoms with Gasteiger partial charge < -0.3 is 15.5 Å². The minimum absolute atomic E-state index is 0.171. The Kier molecular flexibility index (Phi) is 5.11. The van der Waals surface area contributed by atoms with E-state index < -0.39 is 5.97 Å². The van der Waals surface area contributed by atoms with E-state index in [4.69, 9.17) is 5.11 Å². The van der Waals surface area contributed by atoms with Crippen LogP contribution in [0.25, 0.3) is 0 Å². The minimum Gasteiger partial charge on any atom is -0.507 e. The van der Waals surface area contributed by atoms with Gasteiger partial charge in [0.05, 0.1) is 6.54 Å². The molecule has 2 fully saturated rings. The third-order valence-electron chi connectivity index (χ3n) is 5.30. The summed E-state index contributed by atoms with van der Waals surface area (Å²) in [5, 5.41) is 22.5. The van der Waals surface area contributed by atoms with Crippen LogP contribution in [-0.2, 0) is 11.3 Å². The fourth-order valence-corrected chi connectivity index (χ4v) is 3.61. The fourth-order valence-electron chi connectivity index (χ4n) is 3.61. The molecule has 1 aromatic carbocycles. The number of nitrogens with one attached hydrogen (secondary N) is 1. The second-order valence-corrected chi connectivity index (χ2v) is 7.55. The lowest BCUT2D eigenvalue weighted by atomic mass is 9.85. The predicted octanol–water partition coefficient (Wildman–Crippen LogP) is 2.43. The molecule has 5 heteroatoms. The van der Waals surface area contributed by atoms with E-state index >= 15 is 0 Å². The van der Waals surface area contributed by atoms with Crippen LogP contribution >= 0.6 is 0 Å². The number of aromatic hydroxyl groups is 1. The number of nitrogens with zero attached hydrogens (tertiary/aromatic N) is 1. The lowest BCUT2D eigenvalue weighted by molar-refractivity contribution is -0.139. The maximum absolute atomic E-state index is 11.1. The number of hydrogen-bond acceptors (Lipinski definition) is 4. The first kappa shape index (κ1) is 17.2. The number of phenols is 1. The molecule has 0 aromatic heterocycles. The van der Waals surface area contributed by atoms with Crippen molar-refractivity contribution in [2.24, 2.45) is 5.92 Å². The van der Waals surface area contributed by atoms with Crippen LogP contribution in [0.1, 0.15) is 42.4 Å². The quantitative estimate of drug-likeness (QED) is 0.682. The summed E-state index contributed by atoms with van der Waals surface area (Å²) in [6.45, 7) is 5.75. The van der Waals surface area contributed by atoms with E-state index in [1.54, 1.807) is 0 Å². The minimum atomic E-state index is -0.720. The molecule has 0 amide bonds. The predicted molar refractivity (Wildman–Crippen MR) is 93.2 cm³/mol. The first-order valence-electron chi connectivity index (χ1n) is 8.90. The van der Waals surface area contributed by atoms with Crippen molar-refractivity contribution >= 4 is 5.97 Å². The zero-order chi connectivity index (χ0) is 17.3. The van der Waals surface area contributed by atoms with Crippen LogP contribution in [0.4, 0.5) is 0 Å². The van der Waals surface area contributed by atoms with Gasteiger partial charge in [-0.15, -0.1) is 0 Å². The van der Waals surface area contributed by atoms with Crippen molar-refractivity contribution in [2.45, 2.75) is 58.2 Å². The topological polar surface area (TPSA) is 72.8 Å². The molecule has 0 saturated heterocycles. The molecule has 132 valence electrons. The molecule has 0 atom stereocenters. The third-order valence-corrected chi connectivity index (χ3v) is 5.30. The maximum Gasteiger partial charge on any atom is 0.317 e. The zero-order valence-corrected chi connectivity index (χ0v) is 14.6. The number of carboxylic acid groups (broad SMARTS) is 1. The fraction of sp³-hybridized carbons (Fsp3) is 0.632. The van der Waals surface area contributed by atoms with E-state index in [1.165, 1.54) is 18.4 Å². The van der Waals surface area contributed by atoms with Gasteiger partial charge in [-0.25, -0.2) is 0 Å². The Hall–Kier alpha value is -1.59. The van der Waals surface area contributed by atoms with Crippen LogP contribution in [0.5, 0.6) is 5.75 Å². The van der Waals surface area contributed by atoms with Crippen molar-refractivity contribution in [1.29, 1.82) is 0 Å².